The Bertz CT molecular complexity index is 1650. The highest BCUT2D eigenvalue weighted by atomic mass is 35.5. The minimum absolute atomic E-state index is 0.00881. The minimum atomic E-state index is -4.22. The van der Waals surface area contributed by atoms with Crippen LogP contribution in [0.2, 0.25) is 10.0 Å². The fourth-order valence-corrected chi connectivity index (χ4v) is 6.65. The summed E-state index contributed by atoms with van der Waals surface area (Å²) in [4.78, 5) is 29.1. The molecule has 230 valence electrons. The van der Waals surface area contributed by atoms with E-state index in [1.54, 1.807) is 60.7 Å². The lowest BCUT2D eigenvalue weighted by molar-refractivity contribution is -0.139. The van der Waals surface area contributed by atoms with Crippen molar-refractivity contribution in [1.29, 1.82) is 0 Å². The molecule has 0 saturated heterocycles. The number of benzene rings is 4. The third kappa shape index (κ3) is 7.91. The Morgan fingerprint density at radius 2 is 1.43 bits per heavy atom. The molecule has 1 N–H and O–H groups in total. The maximum atomic E-state index is 14.4. The largest absolute Gasteiger partial charge is 0.494 e. The molecule has 4 aromatic carbocycles. The first kappa shape index (κ1) is 32.9. The van der Waals surface area contributed by atoms with Crippen molar-refractivity contribution in [2.75, 3.05) is 24.5 Å². The van der Waals surface area contributed by atoms with E-state index in [0.717, 1.165) is 9.87 Å². The van der Waals surface area contributed by atoms with E-state index < -0.39 is 34.4 Å². The van der Waals surface area contributed by atoms with Crippen molar-refractivity contribution in [2.24, 2.45) is 0 Å². The number of nitrogens with one attached hydrogen (secondary N) is 1. The molecule has 1 unspecified atom stereocenters. The Hall–Kier alpha value is -4.05. The normalized spacial score (nSPS) is 11.8. The summed E-state index contributed by atoms with van der Waals surface area (Å²) in [5.74, 6) is -0.500. The van der Waals surface area contributed by atoms with Crippen LogP contribution in [0, 0.1) is 0 Å². The number of hydrogen-bond acceptors (Lipinski definition) is 5. The van der Waals surface area contributed by atoms with Crippen LogP contribution in [-0.4, -0.2) is 51.4 Å². The molecule has 0 saturated carbocycles. The lowest BCUT2D eigenvalue weighted by Crippen LogP contribution is -2.53. The quantitative estimate of drug-likeness (QED) is 0.192. The summed E-state index contributed by atoms with van der Waals surface area (Å²) in [6.07, 6.45) is 0.169. The second-order valence-electron chi connectivity index (χ2n) is 9.79. The van der Waals surface area contributed by atoms with Gasteiger partial charge in [-0.05, 0) is 61.0 Å². The number of anilines is 1. The number of halogens is 2. The van der Waals surface area contributed by atoms with E-state index in [0.29, 0.717) is 28.0 Å². The minimum Gasteiger partial charge on any atom is -0.494 e. The van der Waals surface area contributed by atoms with Crippen molar-refractivity contribution in [3.8, 4) is 5.75 Å². The molecule has 8 nitrogen and oxygen atoms in total. The zero-order valence-electron chi connectivity index (χ0n) is 24.3. The van der Waals surface area contributed by atoms with Crippen LogP contribution in [-0.2, 0) is 32.6 Å². The van der Waals surface area contributed by atoms with Crippen molar-refractivity contribution in [1.82, 2.24) is 10.2 Å². The van der Waals surface area contributed by atoms with E-state index in [1.165, 1.54) is 24.1 Å². The summed E-state index contributed by atoms with van der Waals surface area (Å²) < 4.78 is 34.6. The average Bonchev–Trinajstić information content (AvgIpc) is 3.03. The Labute approximate surface area is 268 Å². The van der Waals surface area contributed by atoms with Crippen LogP contribution >= 0.6 is 23.2 Å². The SMILES string of the molecule is CCOc1ccc(N(CC(=O)N(Cc2c(Cl)cccc2Cl)C(Cc2ccccc2)C(=O)NC)S(=O)(=O)c2ccccc2)cc1. The predicted octanol–water partition coefficient (Wildman–Crippen LogP) is 5.97. The summed E-state index contributed by atoms with van der Waals surface area (Å²) in [5.41, 5.74) is 1.50. The molecule has 0 aliphatic heterocycles. The number of carbonyl (C=O) groups excluding carboxylic acids is 2. The van der Waals surface area contributed by atoms with Gasteiger partial charge in [0.25, 0.3) is 10.0 Å². The number of hydrogen-bond donors (Lipinski definition) is 1. The van der Waals surface area contributed by atoms with Gasteiger partial charge in [0.15, 0.2) is 0 Å². The van der Waals surface area contributed by atoms with Crippen molar-refractivity contribution in [3.63, 3.8) is 0 Å². The molecule has 0 aliphatic carbocycles. The number of amides is 2. The molecule has 11 heteroatoms. The highest BCUT2D eigenvalue weighted by molar-refractivity contribution is 7.92. The van der Waals surface area contributed by atoms with Gasteiger partial charge in [-0.1, -0.05) is 77.8 Å². The second-order valence-corrected chi connectivity index (χ2v) is 12.5. The van der Waals surface area contributed by atoms with Gasteiger partial charge in [-0.25, -0.2) is 8.42 Å². The van der Waals surface area contributed by atoms with Gasteiger partial charge in [-0.2, -0.15) is 0 Å². The van der Waals surface area contributed by atoms with Gasteiger partial charge in [0.1, 0.15) is 18.3 Å². The van der Waals surface area contributed by atoms with E-state index in [2.05, 4.69) is 5.32 Å². The van der Waals surface area contributed by atoms with Gasteiger partial charge in [-0.15, -0.1) is 0 Å². The zero-order chi connectivity index (χ0) is 31.7. The molecule has 0 spiro atoms. The number of ether oxygens (including phenoxy) is 1. The molecule has 4 rings (SSSR count). The van der Waals surface area contributed by atoms with Crippen LogP contribution in [0.3, 0.4) is 0 Å². The summed E-state index contributed by atoms with van der Waals surface area (Å²) in [6, 6.07) is 27.5. The molecule has 0 aliphatic rings. The van der Waals surface area contributed by atoms with Crippen LogP contribution < -0.4 is 14.4 Å². The first-order valence-corrected chi connectivity index (χ1v) is 16.1. The zero-order valence-corrected chi connectivity index (χ0v) is 26.6. The van der Waals surface area contributed by atoms with Gasteiger partial charge in [0, 0.05) is 35.6 Å². The van der Waals surface area contributed by atoms with Gasteiger partial charge in [0.05, 0.1) is 17.2 Å². The highest BCUT2D eigenvalue weighted by Crippen LogP contribution is 2.29. The molecular weight excluding hydrogens is 621 g/mol. The molecule has 4 aromatic rings. The monoisotopic (exact) mass is 653 g/mol. The number of rotatable bonds is 13. The molecule has 0 radical (unpaired) electrons. The maximum Gasteiger partial charge on any atom is 0.264 e. The van der Waals surface area contributed by atoms with Crippen LogP contribution in [0.15, 0.2) is 108 Å². The molecular formula is C33H33Cl2N3O5S. The summed E-state index contributed by atoms with van der Waals surface area (Å²) in [5, 5.41) is 3.27. The second kappa shape index (κ2) is 15.1. The third-order valence-electron chi connectivity index (χ3n) is 6.95. The first-order valence-electron chi connectivity index (χ1n) is 13.9. The van der Waals surface area contributed by atoms with E-state index in [4.69, 9.17) is 27.9 Å². The topological polar surface area (TPSA) is 96.0 Å². The number of nitrogens with zero attached hydrogens (tertiary/aromatic N) is 2. The number of carbonyl (C=O) groups is 2. The van der Waals surface area contributed by atoms with Gasteiger partial charge >= 0.3 is 0 Å². The van der Waals surface area contributed by atoms with E-state index >= 15 is 0 Å². The van der Waals surface area contributed by atoms with Crippen LogP contribution in [0.25, 0.3) is 0 Å². The highest BCUT2D eigenvalue weighted by Gasteiger charge is 2.35. The Morgan fingerprint density at radius 3 is 2.00 bits per heavy atom. The fraction of sp³-hybridized carbons (Fsp3) is 0.212. The predicted molar refractivity (Wildman–Crippen MR) is 174 cm³/mol. The molecule has 0 bridgehead atoms. The van der Waals surface area contributed by atoms with Gasteiger partial charge in [0.2, 0.25) is 11.8 Å². The molecule has 2 amide bonds. The third-order valence-corrected chi connectivity index (χ3v) is 9.45. The molecule has 0 aromatic heterocycles. The first-order chi connectivity index (χ1) is 21.1. The van der Waals surface area contributed by atoms with Crippen LogP contribution in [0.1, 0.15) is 18.1 Å². The molecule has 0 heterocycles. The van der Waals surface area contributed by atoms with Crippen molar-refractivity contribution in [3.05, 3.63) is 124 Å². The average molecular weight is 655 g/mol. The van der Waals surface area contributed by atoms with Gasteiger partial charge in [-0.3, -0.25) is 13.9 Å². The van der Waals surface area contributed by atoms with Crippen molar-refractivity contribution in [2.45, 2.75) is 30.8 Å². The fourth-order valence-electron chi connectivity index (χ4n) is 4.70. The molecule has 44 heavy (non-hydrogen) atoms. The summed E-state index contributed by atoms with van der Waals surface area (Å²) in [7, 11) is -2.73. The Kier molecular flexibility index (Phi) is 11.3. The summed E-state index contributed by atoms with van der Waals surface area (Å²) >= 11 is 13.0. The standard InChI is InChI=1S/C33H33Cl2N3O5S/c1-3-43-26-19-17-25(18-20-26)38(44(41,42)27-13-8-5-9-14-27)23-32(39)37(22-28-29(34)15-10-16-30(28)35)31(33(40)36-2)21-24-11-6-4-7-12-24/h4-20,31H,3,21-23H2,1-2H3,(H,36,40). The lowest BCUT2D eigenvalue weighted by atomic mass is 10.0. The Balaban J connectivity index is 1.81. The Morgan fingerprint density at radius 1 is 0.841 bits per heavy atom. The van der Waals surface area contributed by atoms with Crippen LogP contribution in [0.5, 0.6) is 5.75 Å². The van der Waals surface area contributed by atoms with Crippen molar-refractivity contribution < 1.29 is 22.7 Å². The maximum absolute atomic E-state index is 14.4. The van der Waals surface area contributed by atoms with E-state index in [-0.39, 0.29) is 23.5 Å². The van der Waals surface area contributed by atoms with Crippen molar-refractivity contribution >= 4 is 50.7 Å². The van der Waals surface area contributed by atoms with Crippen LogP contribution in [0.4, 0.5) is 5.69 Å². The number of likely N-dealkylation sites (N-methyl/N-ethyl adjacent to an activating group) is 1. The molecule has 0 fully saturated rings. The number of sulfonamides is 1. The smallest absolute Gasteiger partial charge is 0.264 e. The van der Waals surface area contributed by atoms with E-state index in [9.17, 15) is 18.0 Å². The summed E-state index contributed by atoms with van der Waals surface area (Å²) in [6.45, 7) is 1.54. The molecule has 1 atom stereocenters. The van der Waals surface area contributed by atoms with E-state index in [1.807, 2.05) is 37.3 Å². The van der Waals surface area contributed by atoms with Gasteiger partial charge < -0.3 is 15.0 Å². The lowest BCUT2D eigenvalue weighted by Gasteiger charge is -2.34.